The van der Waals surface area contributed by atoms with Gasteiger partial charge in [-0.15, -0.1) is 0 Å². The molecule has 0 rings (SSSR count). The molecule has 0 aromatic rings. The maximum absolute atomic E-state index is 9.15. The van der Waals surface area contributed by atoms with Gasteiger partial charge in [-0.1, -0.05) is 0 Å². The molecular formula is HAlO3S. The molecule has 0 heterocycles. The molecule has 0 spiro atoms. The van der Waals surface area contributed by atoms with Crippen LogP contribution in [0.25, 0.3) is 0 Å². The molecule has 0 bridgehead atoms. The Kier molecular flexibility index (Phi) is 1.38. The summed E-state index contributed by atoms with van der Waals surface area (Å²) >= 11 is 1.24. The van der Waals surface area contributed by atoms with E-state index in [-0.39, 0.29) is 0 Å². The van der Waals surface area contributed by atoms with Gasteiger partial charge in [-0.2, -0.15) is 0 Å². The van der Waals surface area contributed by atoms with Crippen LogP contribution in [0.1, 0.15) is 0 Å². The third-order valence-corrected chi connectivity index (χ3v) is 0. The van der Waals surface area contributed by atoms with Gasteiger partial charge in [0.05, 0.1) is 0 Å². The summed E-state index contributed by atoms with van der Waals surface area (Å²) in [4.78, 5) is 0. The van der Waals surface area contributed by atoms with Crippen LogP contribution in [0.2, 0.25) is 0 Å². The Labute approximate surface area is 37.2 Å². The summed E-state index contributed by atoms with van der Waals surface area (Å²) in [5.74, 6) is 0. The zero-order valence-corrected chi connectivity index (χ0v) is 4.22. The quantitative estimate of drug-likeness (QED) is 0.318. The minimum Gasteiger partial charge on any atom is -0.305 e. The zero-order valence-electron chi connectivity index (χ0n) is 2.25. The standard InChI is InChI=1S/Al.HO3S/c;1-4(2)3/h;(H,1,2,3). The molecule has 3 nitrogen and oxygen atoms in total. The van der Waals surface area contributed by atoms with Crippen molar-refractivity contribution in [2.45, 2.75) is 0 Å². The molecule has 5 heteroatoms. The molecule has 0 atom stereocenters. The molecule has 0 unspecified atom stereocenters. The summed E-state index contributed by atoms with van der Waals surface area (Å²) in [5, 5.41) is 0. The molecule has 0 fully saturated rings. The van der Waals surface area contributed by atoms with Crippen molar-refractivity contribution in [2.24, 2.45) is 0 Å². The largest absolute Gasteiger partial charge is 0.398 e. The van der Waals surface area contributed by atoms with Gasteiger partial charge < -0.3 is 4.55 Å². The van der Waals surface area contributed by atoms with Gasteiger partial charge in [0.1, 0.15) is 8.48 Å². The van der Waals surface area contributed by atoms with E-state index >= 15 is 0 Å². The first-order valence-corrected chi connectivity index (χ1v) is 3.67. The van der Waals surface area contributed by atoms with Gasteiger partial charge in [0, 0.05) is 0 Å². The summed E-state index contributed by atoms with van der Waals surface area (Å²) < 4.78 is 25.8. The second-order valence-corrected chi connectivity index (χ2v) is 3.33. The van der Waals surface area contributed by atoms with Crippen LogP contribution in [-0.2, 0) is 8.48 Å². The van der Waals surface area contributed by atoms with E-state index in [4.69, 9.17) is 13.0 Å². The summed E-state index contributed by atoms with van der Waals surface area (Å²) in [6.45, 7) is 0. The summed E-state index contributed by atoms with van der Waals surface area (Å²) in [5.41, 5.74) is 0. The molecule has 0 aliphatic rings. The summed E-state index contributed by atoms with van der Waals surface area (Å²) in [7, 11) is -3.75. The second-order valence-electron chi connectivity index (χ2n) is 0.515. The summed E-state index contributed by atoms with van der Waals surface area (Å²) in [6.07, 6.45) is 0. The fourth-order valence-corrected chi connectivity index (χ4v) is 0. The number of rotatable bonds is 0. The van der Waals surface area contributed by atoms with Crippen molar-refractivity contribution in [2.75, 3.05) is 0 Å². The van der Waals surface area contributed by atoms with Crippen LogP contribution >= 0.6 is 0 Å². The molecule has 5 heavy (non-hydrogen) atoms. The first-order valence-electron chi connectivity index (χ1n) is 0.752. The highest BCUT2D eigenvalue weighted by atomic mass is 32.4. The SMILES string of the molecule is O=[S](=O)(O)[Al]. The highest BCUT2D eigenvalue weighted by Crippen LogP contribution is 1.57. The second kappa shape index (κ2) is 1.27. The first-order chi connectivity index (χ1) is 2.00. The predicted molar refractivity (Wildman–Crippen MR) is 17.3 cm³/mol. The van der Waals surface area contributed by atoms with E-state index in [2.05, 4.69) is 0 Å². The third kappa shape index (κ3) is 135. The van der Waals surface area contributed by atoms with Crippen molar-refractivity contribution in [3.8, 4) is 0 Å². The smallest absolute Gasteiger partial charge is 0.305 e. The van der Waals surface area contributed by atoms with Gasteiger partial charge in [0.15, 0.2) is 0 Å². The Hall–Kier alpha value is 0.442. The van der Waals surface area contributed by atoms with Gasteiger partial charge in [0.2, 0.25) is 0 Å². The van der Waals surface area contributed by atoms with Gasteiger partial charge in [-0.25, -0.2) is 8.42 Å². The van der Waals surface area contributed by atoms with Crippen LogP contribution in [-0.4, -0.2) is 28.1 Å². The average molecular weight is 108 g/mol. The molecule has 28 valence electrons. The van der Waals surface area contributed by atoms with Crippen LogP contribution < -0.4 is 0 Å². The minimum atomic E-state index is -3.75. The lowest BCUT2D eigenvalue weighted by Gasteiger charge is -1.72. The zero-order chi connectivity index (χ0) is 4.50. The molecule has 0 aromatic carbocycles. The molecule has 0 saturated heterocycles. The van der Waals surface area contributed by atoms with E-state index in [1.165, 1.54) is 15.2 Å². The highest BCUT2D eigenvalue weighted by molar-refractivity contribution is 8.07. The fourth-order valence-electron chi connectivity index (χ4n) is 0. The third-order valence-electron chi connectivity index (χ3n) is 0. The Balaban J connectivity index is 4.06. The van der Waals surface area contributed by atoms with Crippen molar-refractivity contribution < 1.29 is 13.0 Å². The number of hydrogen-bond acceptors (Lipinski definition) is 2. The molecule has 0 saturated carbocycles. The molecule has 1 N–H and O–H groups in total. The predicted octanol–water partition coefficient (Wildman–Crippen LogP) is -1.04. The topological polar surface area (TPSA) is 54.4 Å². The first kappa shape index (κ1) is 5.44. The molecule has 0 aliphatic heterocycles. The van der Waals surface area contributed by atoms with Crippen molar-refractivity contribution in [3.05, 3.63) is 0 Å². The van der Waals surface area contributed by atoms with Crippen LogP contribution in [0.4, 0.5) is 0 Å². The van der Waals surface area contributed by atoms with Gasteiger partial charge >= 0.3 is 15.2 Å². The van der Waals surface area contributed by atoms with Crippen LogP contribution in [0.15, 0.2) is 0 Å². The van der Waals surface area contributed by atoms with Gasteiger partial charge in [-0.3, -0.25) is 0 Å². The Morgan fingerprint density at radius 3 is 1.60 bits per heavy atom. The number of hydrogen-bond donors (Lipinski definition) is 1. The van der Waals surface area contributed by atoms with Crippen LogP contribution in [0.3, 0.4) is 0 Å². The van der Waals surface area contributed by atoms with E-state index in [9.17, 15) is 0 Å². The normalized spacial score (nSPS) is 11.4. The van der Waals surface area contributed by atoms with E-state index in [0.717, 1.165) is 0 Å². The minimum absolute atomic E-state index is 1.24. The molecule has 0 aromatic heterocycles. The lowest BCUT2D eigenvalue weighted by atomic mass is 15.9. The molecule has 0 aliphatic carbocycles. The van der Waals surface area contributed by atoms with Crippen molar-refractivity contribution in [1.29, 1.82) is 0 Å². The maximum atomic E-state index is 9.15. The molecule has 0 amide bonds. The lowest BCUT2D eigenvalue weighted by Crippen LogP contribution is -1.91. The van der Waals surface area contributed by atoms with Crippen LogP contribution in [0.5, 0.6) is 0 Å². The molecular weight excluding hydrogens is 107 g/mol. The summed E-state index contributed by atoms with van der Waals surface area (Å²) in [6, 6.07) is 0. The van der Waals surface area contributed by atoms with E-state index in [0.29, 0.717) is 0 Å². The lowest BCUT2D eigenvalue weighted by molar-refractivity contribution is 0.501. The average Bonchev–Trinajstić information content (AvgIpc) is 0.722. The Morgan fingerprint density at radius 1 is 1.60 bits per heavy atom. The molecule has 2 radical (unpaired) electrons. The van der Waals surface area contributed by atoms with E-state index in [1.54, 1.807) is 0 Å². The van der Waals surface area contributed by atoms with E-state index in [1.807, 2.05) is 0 Å². The van der Waals surface area contributed by atoms with Crippen LogP contribution in [0, 0.1) is 0 Å². The van der Waals surface area contributed by atoms with Crippen molar-refractivity contribution >= 4 is 23.6 Å². The fraction of sp³-hybridized carbons (Fsp3) is 0. The van der Waals surface area contributed by atoms with E-state index < -0.39 is 8.48 Å². The Bertz CT molecular complexity index is 90.1. The van der Waals surface area contributed by atoms with Gasteiger partial charge in [0.25, 0.3) is 0 Å². The highest BCUT2D eigenvalue weighted by Gasteiger charge is 1.81. The maximum Gasteiger partial charge on any atom is 0.398 e. The monoisotopic (exact) mass is 108 g/mol. The van der Waals surface area contributed by atoms with Gasteiger partial charge in [-0.05, 0) is 0 Å². The Morgan fingerprint density at radius 2 is 1.60 bits per heavy atom. The van der Waals surface area contributed by atoms with Crippen molar-refractivity contribution in [1.82, 2.24) is 0 Å². The van der Waals surface area contributed by atoms with Crippen molar-refractivity contribution in [3.63, 3.8) is 0 Å².